The first-order valence-electron chi connectivity index (χ1n) is 9.03. The third-order valence-electron chi connectivity index (χ3n) is 5.00. The Bertz CT molecular complexity index is 874. The monoisotopic (exact) mass is 407 g/mol. The molecule has 0 bridgehead atoms. The molecule has 2 aromatic rings. The number of nitrogens with one attached hydrogen (secondary N) is 1. The number of aliphatic carboxylic acids is 1. The van der Waals surface area contributed by atoms with Crippen molar-refractivity contribution in [3.8, 4) is 0 Å². The number of aromatic nitrogens is 1. The van der Waals surface area contributed by atoms with E-state index in [9.17, 15) is 18.0 Å². The van der Waals surface area contributed by atoms with Gasteiger partial charge in [-0.3, -0.25) is 9.78 Å². The van der Waals surface area contributed by atoms with Crippen molar-refractivity contribution in [2.45, 2.75) is 31.1 Å². The summed E-state index contributed by atoms with van der Waals surface area (Å²) in [5.41, 5.74) is 3.75. The van der Waals surface area contributed by atoms with Gasteiger partial charge >= 0.3 is 12.1 Å². The van der Waals surface area contributed by atoms with Crippen LogP contribution in [0.4, 0.5) is 13.2 Å². The maximum absolute atomic E-state index is 12.5. The molecule has 1 aromatic heterocycles. The predicted molar refractivity (Wildman–Crippen MR) is 98.0 cm³/mol. The van der Waals surface area contributed by atoms with E-state index >= 15 is 0 Å². The number of amides is 1. The Kier molecular flexibility index (Phi) is 6.17. The molecule has 2 atom stereocenters. The molecule has 4 rings (SSSR count). The predicted octanol–water partition coefficient (Wildman–Crippen LogP) is 2.36. The Morgan fingerprint density at radius 3 is 2.55 bits per heavy atom. The van der Waals surface area contributed by atoms with E-state index in [0.717, 1.165) is 25.2 Å². The first kappa shape index (κ1) is 20.8. The number of carboxylic acids is 1. The number of halogens is 3. The van der Waals surface area contributed by atoms with Crippen LogP contribution in [0.25, 0.3) is 0 Å². The molecule has 2 aliphatic rings. The van der Waals surface area contributed by atoms with Crippen molar-refractivity contribution < 1.29 is 27.9 Å². The topological polar surface area (TPSA) is 82.5 Å². The number of likely N-dealkylation sites (tertiary alicyclic amines) is 1. The smallest absolute Gasteiger partial charge is 0.475 e. The number of carbonyl (C=O) groups excluding carboxylic acids is 1. The van der Waals surface area contributed by atoms with Gasteiger partial charge in [0.2, 0.25) is 5.91 Å². The van der Waals surface area contributed by atoms with Crippen LogP contribution in [-0.4, -0.2) is 52.2 Å². The molecule has 3 heterocycles. The summed E-state index contributed by atoms with van der Waals surface area (Å²) in [4.78, 5) is 27.5. The van der Waals surface area contributed by atoms with Gasteiger partial charge in [-0.05, 0) is 22.8 Å². The molecule has 0 unspecified atom stereocenters. The fraction of sp³-hybridized carbons (Fsp3) is 0.350. The lowest BCUT2D eigenvalue weighted by Crippen LogP contribution is -2.39. The Balaban J connectivity index is 0.000000298. The van der Waals surface area contributed by atoms with Crippen LogP contribution < -0.4 is 5.32 Å². The van der Waals surface area contributed by atoms with Crippen molar-refractivity contribution in [3.63, 3.8) is 0 Å². The number of benzene rings is 1. The Morgan fingerprint density at radius 1 is 1.17 bits per heavy atom. The zero-order valence-corrected chi connectivity index (χ0v) is 15.4. The second-order valence-electron chi connectivity index (χ2n) is 6.93. The highest BCUT2D eigenvalue weighted by Crippen LogP contribution is 2.33. The lowest BCUT2D eigenvalue weighted by Gasteiger charge is -2.28. The Hall–Kier alpha value is -2.94. The number of alkyl halides is 3. The SMILES string of the molecule is O=C(Cc1cccnc1)N1C[C@@H]2NCc3ccccc3[C@@H]2C1.O=C(O)C(F)(F)F. The molecule has 1 amide bonds. The second kappa shape index (κ2) is 8.60. The van der Waals surface area contributed by atoms with Crippen LogP contribution in [0.1, 0.15) is 22.6 Å². The summed E-state index contributed by atoms with van der Waals surface area (Å²) in [7, 11) is 0. The summed E-state index contributed by atoms with van der Waals surface area (Å²) in [5, 5.41) is 10.7. The molecule has 0 aliphatic carbocycles. The molecule has 2 N–H and O–H groups in total. The zero-order valence-electron chi connectivity index (χ0n) is 15.4. The first-order chi connectivity index (χ1) is 13.8. The summed E-state index contributed by atoms with van der Waals surface area (Å²) in [5.74, 6) is -2.14. The van der Waals surface area contributed by atoms with Gasteiger partial charge in [-0.2, -0.15) is 13.2 Å². The van der Waals surface area contributed by atoms with Crippen molar-refractivity contribution >= 4 is 11.9 Å². The van der Waals surface area contributed by atoms with Crippen molar-refractivity contribution in [2.75, 3.05) is 13.1 Å². The molecule has 29 heavy (non-hydrogen) atoms. The fourth-order valence-electron chi connectivity index (χ4n) is 3.62. The van der Waals surface area contributed by atoms with E-state index in [0.29, 0.717) is 18.4 Å². The summed E-state index contributed by atoms with van der Waals surface area (Å²) in [6, 6.07) is 12.8. The number of hydrogen-bond acceptors (Lipinski definition) is 4. The minimum absolute atomic E-state index is 0.196. The number of carboxylic acid groups (broad SMARTS) is 1. The molecule has 1 fully saturated rings. The van der Waals surface area contributed by atoms with Crippen LogP contribution in [0.5, 0.6) is 0 Å². The van der Waals surface area contributed by atoms with Gasteiger partial charge in [0, 0.05) is 44.0 Å². The van der Waals surface area contributed by atoms with Gasteiger partial charge in [0.1, 0.15) is 0 Å². The van der Waals surface area contributed by atoms with Crippen molar-refractivity contribution in [1.82, 2.24) is 15.2 Å². The van der Waals surface area contributed by atoms with E-state index in [1.54, 1.807) is 12.4 Å². The maximum atomic E-state index is 12.5. The van der Waals surface area contributed by atoms with Crippen LogP contribution in [0, 0.1) is 0 Å². The van der Waals surface area contributed by atoms with Gasteiger partial charge in [-0.25, -0.2) is 4.79 Å². The lowest BCUT2D eigenvalue weighted by molar-refractivity contribution is -0.192. The maximum Gasteiger partial charge on any atom is 0.490 e. The largest absolute Gasteiger partial charge is 0.490 e. The molecule has 2 aliphatic heterocycles. The molecule has 1 aromatic carbocycles. The first-order valence-corrected chi connectivity index (χ1v) is 9.03. The van der Waals surface area contributed by atoms with Gasteiger partial charge in [-0.1, -0.05) is 30.3 Å². The Morgan fingerprint density at radius 2 is 1.90 bits per heavy atom. The van der Waals surface area contributed by atoms with Gasteiger partial charge in [0.15, 0.2) is 0 Å². The van der Waals surface area contributed by atoms with E-state index in [1.807, 2.05) is 17.0 Å². The zero-order chi connectivity index (χ0) is 21.0. The van der Waals surface area contributed by atoms with Crippen LogP contribution in [0.15, 0.2) is 48.8 Å². The van der Waals surface area contributed by atoms with Crippen LogP contribution in [-0.2, 0) is 22.6 Å². The molecular formula is C20H20F3N3O3. The number of fused-ring (bicyclic) bond motifs is 3. The molecule has 6 nitrogen and oxygen atoms in total. The average molecular weight is 407 g/mol. The van der Waals surface area contributed by atoms with Crippen molar-refractivity contribution in [2.24, 2.45) is 0 Å². The van der Waals surface area contributed by atoms with Gasteiger partial charge in [-0.15, -0.1) is 0 Å². The van der Waals surface area contributed by atoms with Gasteiger partial charge < -0.3 is 15.3 Å². The number of rotatable bonds is 2. The fourth-order valence-corrected chi connectivity index (χ4v) is 3.62. The minimum atomic E-state index is -5.08. The number of pyridine rings is 1. The number of hydrogen-bond donors (Lipinski definition) is 2. The normalized spacial score (nSPS) is 20.2. The molecule has 0 saturated carbocycles. The average Bonchev–Trinajstić information content (AvgIpc) is 3.13. The lowest BCUT2D eigenvalue weighted by atomic mass is 9.87. The van der Waals surface area contributed by atoms with E-state index in [2.05, 4.69) is 34.6 Å². The van der Waals surface area contributed by atoms with Crippen LogP contribution in [0.2, 0.25) is 0 Å². The van der Waals surface area contributed by atoms with Crippen molar-refractivity contribution in [1.29, 1.82) is 0 Å². The van der Waals surface area contributed by atoms with E-state index in [1.165, 1.54) is 11.1 Å². The summed E-state index contributed by atoms with van der Waals surface area (Å²) < 4.78 is 31.7. The summed E-state index contributed by atoms with van der Waals surface area (Å²) in [6.45, 7) is 2.52. The summed E-state index contributed by atoms with van der Waals surface area (Å²) in [6.07, 6.45) is -1.14. The number of carbonyl (C=O) groups is 2. The van der Waals surface area contributed by atoms with Crippen molar-refractivity contribution in [3.05, 3.63) is 65.5 Å². The number of nitrogens with zero attached hydrogens (tertiary/aromatic N) is 2. The highest BCUT2D eigenvalue weighted by atomic mass is 19.4. The third kappa shape index (κ3) is 5.11. The second-order valence-corrected chi connectivity index (χ2v) is 6.93. The molecule has 0 radical (unpaired) electrons. The van der Waals surface area contributed by atoms with Crippen LogP contribution in [0.3, 0.4) is 0 Å². The van der Waals surface area contributed by atoms with E-state index in [4.69, 9.17) is 9.90 Å². The molecule has 154 valence electrons. The van der Waals surface area contributed by atoms with Crippen LogP contribution >= 0.6 is 0 Å². The third-order valence-corrected chi connectivity index (χ3v) is 5.00. The van der Waals surface area contributed by atoms with Gasteiger partial charge in [0.05, 0.1) is 6.42 Å². The van der Waals surface area contributed by atoms with E-state index in [-0.39, 0.29) is 5.91 Å². The molecule has 0 spiro atoms. The standard InChI is InChI=1S/C18H19N3O.C2HF3O2/c22-18(8-13-4-3-7-19-9-13)21-11-16-15-6-2-1-5-14(15)10-20-17(16)12-21;3-2(4,5)1(6)7/h1-7,9,16-17,20H,8,10-12H2;(H,6,7)/t16-,17-;/m0./s1. The Labute approximate surface area is 165 Å². The highest BCUT2D eigenvalue weighted by Gasteiger charge is 2.39. The quantitative estimate of drug-likeness (QED) is 0.799. The molecule has 9 heteroatoms. The van der Waals surface area contributed by atoms with E-state index < -0.39 is 12.1 Å². The summed E-state index contributed by atoms with van der Waals surface area (Å²) >= 11 is 0. The molecule has 1 saturated heterocycles. The van der Waals surface area contributed by atoms with Gasteiger partial charge in [0.25, 0.3) is 0 Å². The molecular weight excluding hydrogens is 387 g/mol. The minimum Gasteiger partial charge on any atom is -0.475 e. The highest BCUT2D eigenvalue weighted by molar-refractivity contribution is 5.79.